The van der Waals surface area contributed by atoms with Crippen LogP contribution in [0.4, 0.5) is 0 Å². The maximum Gasteiger partial charge on any atom is 0.229 e. The van der Waals surface area contributed by atoms with Crippen molar-refractivity contribution in [2.75, 3.05) is 13.1 Å². The van der Waals surface area contributed by atoms with Gasteiger partial charge in [-0.25, -0.2) is 0 Å². The quantitative estimate of drug-likeness (QED) is 0.895. The Morgan fingerprint density at radius 2 is 2.29 bits per heavy atom. The number of nitriles is 1. The summed E-state index contributed by atoms with van der Waals surface area (Å²) < 4.78 is 10.7. The van der Waals surface area contributed by atoms with Gasteiger partial charge in [-0.1, -0.05) is 5.16 Å². The van der Waals surface area contributed by atoms with E-state index in [0.29, 0.717) is 43.5 Å². The number of rotatable bonds is 5. The van der Waals surface area contributed by atoms with Crippen LogP contribution < -0.4 is 0 Å². The van der Waals surface area contributed by atoms with E-state index in [2.05, 4.69) is 15.0 Å². The van der Waals surface area contributed by atoms with Crippen LogP contribution in [0, 0.1) is 11.3 Å². The van der Waals surface area contributed by atoms with Crippen molar-refractivity contribution in [2.24, 2.45) is 0 Å². The molecule has 2 aromatic rings. The van der Waals surface area contributed by atoms with Crippen LogP contribution in [0.2, 0.25) is 0 Å². The first-order chi connectivity index (χ1) is 11.6. The van der Waals surface area contributed by atoms with Crippen LogP contribution in [0.15, 0.2) is 21.1 Å². The largest absolute Gasteiger partial charge is 0.449 e. The molecule has 0 radical (unpaired) electrons. The van der Waals surface area contributed by atoms with Gasteiger partial charge < -0.3 is 14.0 Å². The molecule has 3 heterocycles. The molecule has 1 atom stereocenters. The highest BCUT2D eigenvalue weighted by Gasteiger charge is 2.36. The predicted octanol–water partition coefficient (Wildman–Crippen LogP) is 1.98. The Labute approximate surface area is 139 Å². The Kier molecular flexibility index (Phi) is 3.87. The molecule has 0 spiro atoms. The first-order valence-corrected chi connectivity index (χ1v) is 8.40. The van der Waals surface area contributed by atoms with E-state index in [1.54, 1.807) is 6.07 Å². The molecule has 7 heteroatoms. The monoisotopic (exact) mass is 328 g/mol. The number of piperidine rings is 1. The Bertz CT molecular complexity index is 758. The van der Waals surface area contributed by atoms with Gasteiger partial charge in [-0.2, -0.15) is 10.2 Å². The number of aromatic nitrogens is 2. The van der Waals surface area contributed by atoms with E-state index in [4.69, 9.17) is 14.2 Å². The third kappa shape index (κ3) is 3.35. The molecule has 1 N–H and O–H groups in total. The van der Waals surface area contributed by atoms with Crippen molar-refractivity contribution in [1.29, 1.82) is 5.26 Å². The fourth-order valence-electron chi connectivity index (χ4n) is 3.36. The third-order valence-electron chi connectivity index (χ3n) is 4.69. The Hall–Kier alpha value is -2.17. The highest BCUT2D eigenvalue weighted by Crippen LogP contribution is 2.38. The van der Waals surface area contributed by atoms with Gasteiger partial charge in [0, 0.05) is 12.5 Å². The van der Waals surface area contributed by atoms with Crippen LogP contribution in [0.5, 0.6) is 0 Å². The first kappa shape index (κ1) is 15.4. The fourth-order valence-corrected chi connectivity index (χ4v) is 3.36. The second kappa shape index (κ2) is 6.04. The summed E-state index contributed by atoms with van der Waals surface area (Å²) in [4.78, 5) is 6.56. The number of hydrogen-bond acceptors (Lipinski definition) is 7. The lowest BCUT2D eigenvalue weighted by molar-refractivity contribution is -0.0388. The molecule has 2 aliphatic rings. The summed E-state index contributed by atoms with van der Waals surface area (Å²) in [6.45, 7) is 2.00. The standard InChI is InChI=1S/C17H20N4O3/c18-9-13-4-5-14(23-13)10-21-7-1-6-17(22,11-21)8-15-19-16(20-24-15)12-2-3-12/h4-5,12,22H,1-3,6-8,10-11H2. The van der Waals surface area contributed by atoms with Crippen molar-refractivity contribution in [3.05, 3.63) is 35.4 Å². The lowest BCUT2D eigenvalue weighted by Crippen LogP contribution is -2.49. The van der Waals surface area contributed by atoms with Crippen molar-refractivity contribution in [1.82, 2.24) is 15.0 Å². The summed E-state index contributed by atoms with van der Waals surface area (Å²) >= 11 is 0. The molecule has 0 bridgehead atoms. The van der Waals surface area contributed by atoms with Gasteiger partial charge in [-0.3, -0.25) is 4.90 Å². The number of furan rings is 1. The molecule has 4 rings (SSSR count). The molecular formula is C17H20N4O3. The van der Waals surface area contributed by atoms with Gasteiger partial charge in [-0.15, -0.1) is 0 Å². The lowest BCUT2D eigenvalue weighted by atomic mass is 9.89. The molecule has 1 aliphatic carbocycles. The highest BCUT2D eigenvalue weighted by atomic mass is 16.5. The molecule has 1 saturated carbocycles. The van der Waals surface area contributed by atoms with E-state index in [9.17, 15) is 5.11 Å². The number of hydrogen-bond donors (Lipinski definition) is 1. The average Bonchev–Trinajstić information content (AvgIpc) is 3.14. The summed E-state index contributed by atoms with van der Waals surface area (Å²) in [5.74, 6) is 2.81. The van der Waals surface area contributed by atoms with Crippen LogP contribution in [-0.2, 0) is 13.0 Å². The maximum absolute atomic E-state index is 10.9. The molecule has 126 valence electrons. The van der Waals surface area contributed by atoms with Gasteiger partial charge in [0.1, 0.15) is 11.8 Å². The van der Waals surface area contributed by atoms with E-state index in [1.165, 1.54) is 0 Å². The Morgan fingerprint density at radius 1 is 1.42 bits per heavy atom. The first-order valence-electron chi connectivity index (χ1n) is 8.40. The topological polar surface area (TPSA) is 99.3 Å². The van der Waals surface area contributed by atoms with Gasteiger partial charge in [0.15, 0.2) is 5.82 Å². The van der Waals surface area contributed by atoms with E-state index in [-0.39, 0.29) is 0 Å². The zero-order chi connectivity index (χ0) is 16.6. The minimum atomic E-state index is -0.865. The molecule has 1 unspecified atom stereocenters. The van der Waals surface area contributed by atoms with Gasteiger partial charge in [0.2, 0.25) is 11.7 Å². The van der Waals surface area contributed by atoms with Crippen molar-refractivity contribution >= 4 is 0 Å². The van der Waals surface area contributed by atoms with E-state index < -0.39 is 5.60 Å². The summed E-state index contributed by atoms with van der Waals surface area (Å²) in [5.41, 5.74) is -0.865. The molecule has 2 fully saturated rings. The molecule has 1 saturated heterocycles. The molecular weight excluding hydrogens is 308 g/mol. The summed E-state index contributed by atoms with van der Waals surface area (Å²) in [6.07, 6.45) is 4.25. The van der Waals surface area contributed by atoms with Gasteiger partial charge >= 0.3 is 0 Å². The van der Waals surface area contributed by atoms with Crippen molar-refractivity contribution in [2.45, 2.75) is 50.2 Å². The number of β-amino-alcohol motifs (C(OH)–C–C–N with tert-alkyl or cyclic N) is 1. The normalized spacial score (nSPS) is 24.8. The third-order valence-corrected chi connectivity index (χ3v) is 4.69. The van der Waals surface area contributed by atoms with E-state index in [1.807, 2.05) is 12.1 Å². The average molecular weight is 328 g/mol. The lowest BCUT2D eigenvalue weighted by Gasteiger charge is -2.38. The van der Waals surface area contributed by atoms with Gasteiger partial charge in [0.25, 0.3) is 0 Å². The number of likely N-dealkylation sites (tertiary alicyclic amines) is 1. The van der Waals surface area contributed by atoms with Gasteiger partial charge in [0.05, 0.1) is 18.6 Å². The maximum atomic E-state index is 10.9. The SMILES string of the molecule is N#Cc1ccc(CN2CCCC(O)(Cc3nc(C4CC4)no3)C2)o1. The smallest absolute Gasteiger partial charge is 0.229 e. The summed E-state index contributed by atoms with van der Waals surface area (Å²) in [6, 6.07) is 5.47. The minimum Gasteiger partial charge on any atom is -0.449 e. The zero-order valence-corrected chi connectivity index (χ0v) is 13.4. The summed E-state index contributed by atoms with van der Waals surface area (Å²) in [7, 11) is 0. The Morgan fingerprint density at radius 3 is 3.04 bits per heavy atom. The summed E-state index contributed by atoms with van der Waals surface area (Å²) in [5, 5.41) is 23.8. The second-order valence-electron chi connectivity index (χ2n) is 6.91. The molecule has 0 aromatic carbocycles. The number of aliphatic hydroxyl groups is 1. The van der Waals surface area contributed by atoms with Crippen LogP contribution in [0.1, 0.15) is 54.8 Å². The molecule has 1 aliphatic heterocycles. The molecule has 0 amide bonds. The fraction of sp³-hybridized carbons (Fsp3) is 0.588. The van der Waals surface area contributed by atoms with Gasteiger partial charge in [-0.05, 0) is 44.4 Å². The molecule has 2 aromatic heterocycles. The van der Waals surface area contributed by atoms with E-state index >= 15 is 0 Å². The second-order valence-corrected chi connectivity index (χ2v) is 6.91. The Balaban J connectivity index is 1.39. The van der Waals surface area contributed by atoms with Crippen LogP contribution in [0.25, 0.3) is 0 Å². The van der Waals surface area contributed by atoms with Crippen molar-refractivity contribution in [3.8, 4) is 6.07 Å². The predicted molar refractivity (Wildman–Crippen MR) is 82.9 cm³/mol. The minimum absolute atomic E-state index is 0.315. The molecule has 7 nitrogen and oxygen atoms in total. The van der Waals surface area contributed by atoms with Crippen LogP contribution >= 0.6 is 0 Å². The molecule has 24 heavy (non-hydrogen) atoms. The number of nitrogens with zero attached hydrogens (tertiary/aromatic N) is 4. The highest BCUT2D eigenvalue weighted by molar-refractivity contribution is 5.19. The van der Waals surface area contributed by atoms with E-state index in [0.717, 1.165) is 37.4 Å². The van der Waals surface area contributed by atoms with Crippen LogP contribution in [0.3, 0.4) is 0 Å². The van der Waals surface area contributed by atoms with Crippen molar-refractivity contribution < 1.29 is 14.0 Å². The zero-order valence-electron chi connectivity index (χ0n) is 13.4. The van der Waals surface area contributed by atoms with Crippen molar-refractivity contribution in [3.63, 3.8) is 0 Å². The van der Waals surface area contributed by atoms with Crippen LogP contribution in [-0.4, -0.2) is 38.8 Å².